The van der Waals surface area contributed by atoms with E-state index in [0.717, 1.165) is 32.2 Å². The van der Waals surface area contributed by atoms with Crippen LogP contribution in [0.3, 0.4) is 0 Å². The van der Waals surface area contributed by atoms with E-state index in [4.69, 9.17) is 0 Å². The molecule has 114 valence electrons. The summed E-state index contributed by atoms with van der Waals surface area (Å²) in [4.78, 5) is 2.14. The first-order valence-electron chi connectivity index (χ1n) is 7.50. The quantitative estimate of drug-likeness (QED) is 0.643. The molecule has 0 atom stereocenters. The molecule has 0 amide bonds. The van der Waals surface area contributed by atoms with Gasteiger partial charge >= 0.3 is 0 Å². The molecule has 4 nitrogen and oxygen atoms in total. The minimum atomic E-state index is -3.04. The van der Waals surface area contributed by atoms with Crippen LogP contribution in [-0.4, -0.2) is 57.6 Å². The van der Waals surface area contributed by atoms with Gasteiger partial charge in [-0.3, -0.25) is 0 Å². The predicted octanol–water partition coefficient (Wildman–Crippen LogP) is 2.17. The second-order valence-corrected chi connectivity index (χ2v) is 8.24. The number of unbranched alkanes of at least 4 members (excludes halogenated alkanes) is 1. The van der Waals surface area contributed by atoms with Crippen molar-refractivity contribution in [2.75, 3.05) is 40.0 Å². The molecule has 0 bridgehead atoms. The first kappa shape index (κ1) is 16.9. The Bertz CT molecular complexity index is 335. The van der Waals surface area contributed by atoms with Crippen molar-refractivity contribution in [3.63, 3.8) is 0 Å². The highest BCUT2D eigenvalue weighted by molar-refractivity contribution is 7.89. The van der Waals surface area contributed by atoms with Crippen molar-refractivity contribution in [2.45, 2.75) is 44.9 Å². The average Bonchev–Trinajstić information content (AvgIpc) is 2.34. The maximum absolute atomic E-state index is 12.2. The van der Waals surface area contributed by atoms with Gasteiger partial charge in [0.15, 0.2) is 0 Å². The van der Waals surface area contributed by atoms with Gasteiger partial charge in [0.25, 0.3) is 0 Å². The minimum absolute atomic E-state index is 0.358. The summed E-state index contributed by atoms with van der Waals surface area (Å²) >= 11 is 0. The average molecular weight is 290 g/mol. The predicted molar refractivity (Wildman–Crippen MR) is 80.8 cm³/mol. The standard InChI is InChI=1S/C14H30N2O2S/c1-15(2)11-7-8-12-16(3)19(17,18)13-14-9-5-4-6-10-14/h14H,4-13H2,1-3H3. The van der Waals surface area contributed by atoms with Crippen LogP contribution >= 0.6 is 0 Å². The van der Waals surface area contributed by atoms with E-state index in [1.807, 2.05) is 14.1 Å². The first-order chi connectivity index (χ1) is 8.92. The molecule has 0 aliphatic heterocycles. The van der Waals surface area contributed by atoms with Crippen molar-refractivity contribution >= 4 is 10.0 Å². The third-order valence-corrected chi connectivity index (χ3v) is 6.00. The molecule has 0 radical (unpaired) electrons. The lowest BCUT2D eigenvalue weighted by Crippen LogP contribution is -2.33. The zero-order valence-corrected chi connectivity index (χ0v) is 13.6. The number of sulfonamides is 1. The molecule has 0 unspecified atom stereocenters. The van der Waals surface area contributed by atoms with Crippen LogP contribution in [0.2, 0.25) is 0 Å². The topological polar surface area (TPSA) is 40.6 Å². The lowest BCUT2D eigenvalue weighted by Gasteiger charge is -2.24. The van der Waals surface area contributed by atoms with Crippen LogP contribution in [0.15, 0.2) is 0 Å². The summed E-state index contributed by atoms with van der Waals surface area (Å²) in [6.07, 6.45) is 7.85. The van der Waals surface area contributed by atoms with E-state index in [2.05, 4.69) is 4.90 Å². The largest absolute Gasteiger partial charge is 0.309 e. The molecule has 5 heteroatoms. The Kier molecular flexibility index (Phi) is 7.32. The van der Waals surface area contributed by atoms with Gasteiger partial charge in [-0.2, -0.15) is 0 Å². The zero-order chi connectivity index (χ0) is 14.3. The summed E-state index contributed by atoms with van der Waals surface area (Å²) in [5.74, 6) is 0.750. The van der Waals surface area contributed by atoms with Gasteiger partial charge in [-0.1, -0.05) is 19.3 Å². The Labute approximate surface area is 119 Å². The van der Waals surface area contributed by atoms with Crippen LogP contribution in [-0.2, 0) is 10.0 Å². The van der Waals surface area contributed by atoms with Gasteiger partial charge in [0, 0.05) is 13.6 Å². The summed E-state index contributed by atoms with van der Waals surface area (Å²) in [7, 11) is 2.78. The zero-order valence-electron chi connectivity index (χ0n) is 12.8. The lowest BCUT2D eigenvalue weighted by molar-refractivity contribution is 0.365. The first-order valence-corrected chi connectivity index (χ1v) is 9.11. The van der Waals surface area contributed by atoms with E-state index in [1.165, 1.54) is 19.3 Å². The Morgan fingerprint density at radius 2 is 1.53 bits per heavy atom. The lowest BCUT2D eigenvalue weighted by atomic mass is 9.91. The Morgan fingerprint density at radius 3 is 2.11 bits per heavy atom. The highest BCUT2D eigenvalue weighted by Crippen LogP contribution is 2.25. The molecule has 0 aromatic carbocycles. The number of hydrogen-bond donors (Lipinski definition) is 0. The molecule has 1 rings (SSSR count). The van der Waals surface area contributed by atoms with E-state index >= 15 is 0 Å². The molecule has 0 spiro atoms. The monoisotopic (exact) mass is 290 g/mol. The van der Waals surface area contributed by atoms with Crippen LogP contribution in [0, 0.1) is 5.92 Å². The Hall–Kier alpha value is -0.130. The molecule has 1 aliphatic rings. The van der Waals surface area contributed by atoms with Crippen molar-refractivity contribution in [2.24, 2.45) is 5.92 Å². The summed E-state index contributed by atoms with van der Waals surface area (Å²) in [5.41, 5.74) is 0. The molecule has 0 aromatic heterocycles. The van der Waals surface area contributed by atoms with Crippen LogP contribution in [0.1, 0.15) is 44.9 Å². The molecule has 1 saturated carbocycles. The van der Waals surface area contributed by atoms with Crippen molar-refractivity contribution in [3.8, 4) is 0 Å². The number of rotatable bonds is 8. The smallest absolute Gasteiger partial charge is 0.214 e. The molecule has 0 saturated heterocycles. The maximum atomic E-state index is 12.2. The summed E-state index contributed by atoms with van der Waals surface area (Å²) < 4.78 is 26.1. The summed E-state index contributed by atoms with van der Waals surface area (Å²) in [6, 6.07) is 0. The van der Waals surface area contributed by atoms with Crippen molar-refractivity contribution in [1.82, 2.24) is 9.21 Å². The molecular formula is C14H30N2O2S. The van der Waals surface area contributed by atoms with Gasteiger partial charge in [-0.15, -0.1) is 0 Å². The fourth-order valence-electron chi connectivity index (χ4n) is 2.68. The van der Waals surface area contributed by atoms with E-state index in [-0.39, 0.29) is 0 Å². The van der Waals surface area contributed by atoms with E-state index in [0.29, 0.717) is 18.2 Å². The minimum Gasteiger partial charge on any atom is -0.309 e. The number of hydrogen-bond acceptors (Lipinski definition) is 3. The summed E-state index contributed by atoms with van der Waals surface area (Å²) in [6.45, 7) is 1.68. The van der Waals surface area contributed by atoms with Gasteiger partial charge < -0.3 is 4.90 Å². The second kappa shape index (κ2) is 8.22. The second-order valence-electron chi connectivity index (χ2n) is 6.11. The third kappa shape index (κ3) is 6.72. The van der Waals surface area contributed by atoms with Gasteiger partial charge in [-0.05, 0) is 52.2 Å². The molecule has 19 heavy (non-hydrogen) atoms. The number of nitrogens with zero attached hydrogens (tertiary/aromatic N) is 2. The van der Waals surface area contributed by atoms with Crippen LogP contribution in [0.25, 0.3) is 0 Å². The van der Waals surface area contributed by atoms with Gasteiger partial charge in [0.05, 0.1) is 5.75 Å². The van der Waals surface area contributed by atoms with E-state index in [1.54, 1.807) is 11.4 Å². The fraction of sp³-hybridized carbons (Fsp3) is 1.00. The van der Waals surface area contributed by atoms with E-state index < -0.39 is 10.0 Å². The van der Waals surface area contributed by atoms with Crippen molar-refractivity contribution < 1.29 is 8.42 Å². The van der Waals surface area contributed by atoms with Crippen LogP contribution in [0.4, 0.5) is 0 Å². The molecule has 1 aliphatic carbocycles. The third-order valence-electron chi connectivity index (χ3n) is 3.97. The Morgan fingerprint density at radius 1 is 0.947 bits per heavy atom. The molecule has 1 fully saturated rings. The van der Waals surface area contributed by atoms with Crippen molar-refractivity contribution in [3.05, 3.63) is 0 Å². The molecular weight excluding hydrogens is 260 g/mol. The van der Waals surface area contributed by atoms with Gasteiger partial charge in [0.2, 0.25) is 10.0 Å². The highest BCUT2D eigenvalue weighted by Gasteiger charge is 2.24. The van der Waals surface area contributed by atoms with Crippen LogP contribution in [0.5, 0.6) is 0 Å². The maximum Gasteiger partial charge on any atom is 0.214 e. The van der Waals surface area contributed by atoms with Crippen molar-refractivity contribution in [1.29, 1.82) is 0 Å². The van der Waals surface area contributed by atoms with E-state index in [9.17, 15) is 8.42 Å². The van der Waals surface area contributed by atoms with Gasteiger partial charge in [0.1, 0.15) is 0 Å². The Balaban J connectivity index is 2.30. The van der Waals surface area contributed by atoms with Crippen LogP contribution < -0.4 is 0 Å². The highest BCUT2D eigenvalue weighted by atomic mass is 32.2. The fourth-order valence-corrected chi connectivity index (χ4v) is 4.27. The van der Waals surface area contributed by atoms with Gasteiger partial charge in [-0.25, -0.2) is 12.7 Å². The molecule has 0 N–H and O–H groups in total. The SMILES string of the molecule is CN(C)CCCCN(C)S(=O)(=O)CC1CCCCC1. The molecule has 0 heterocycles. The molecule has 0 aromatic rings. The summed E-state index contributed by atoms with van der Waals surface area (Å²) in [5, 5.41) is 0. The normalized spacial score (nSPS) is 18.4.